The van der Waals surface area contributed by atoms with Crippen LogP contribution in [-0.2, 0) is 16.4 Å². The minimum Gasteiger partial charge on any atom is -0.490 e. The predicted octanol–water partition coefficient (Wildman–Crippen LogP) is 0.657. The highest BCUT2D eigenvalue weighted by Gasteiger charge is 2.20. The molecule has 5 heteroatoms. The number of fused-ring (bicyclic) bond motifs is 1. The summed E-state index contributed by atoms with van der Waals surface area (Å²) in [5.41, 5.74) is 0.907. The van der Waals surface area contributed by atoms with Gasteiger partial charge < -0.3 is 4.74 Å². The number of hydrogen-bond donors (Lipinski definition) is 1. The van der Waals surface area contributed by atoms with E-state index < -0.39 is 10.0 Å². The summed E-state index contributed by atoms with van der Waals surface area (Å²) in [6, 6.07) is 4.69. The molecule has 1 aliphatic heterocycles. The highest BCUT2D eigenvalue weighted by atomic mass is 32.2. The minimum absolute atomic E-state index is 0.112. The summed E-state index contributed by atoms with van der Waals surface area (Å²) in [6.07, 6.45) is 0.847. The first-order chi connectivity index (χ1) is 6.47. The Bertz CT molecular complexity index is 467. The zero-order valence-corrected chi connectivity index (χ0v) is 8.54. The molecule has 0 aromatic heterocycles. The van der Waals surface area contributed by atoms with Gasteiger partial charge in [0.15, 0.2) is 0 Å². The van der Waals surface area contributed by atoms with Crippen LogP contribution >= 0.6 is 0 Å². The molecule has 0 amide bonds. The molecule has 0 radical (unpaired) electrons. The molecule has 2 rings (SSSR count). The molecule has 0 fully saturated rings. The van der Waals surface area contributed by atoms with Gasteiger partial charge in [-0.25, -0.2) is 13.6 Å². The van der Waals surface area contributed by atoms with Crippen molar-refractivity contribution in [3.8, 4) is 5.75 Å². The maximum atomic E-state index is 11.1. The van der Waals surface area contributed by atoms with E-state index in [-0.39, 0.29) is 11.0 Å². The fraction of sp³-hybridized carbons (Fsp3) is 0.333. The van der Waals surface area contributed by atoms with Crippen molar-refractivity contribution >= 4 is 10.0 Å². The van der Waals surface area contributed by atoms with E-state index in [0.717, 1.165) is 17.7 Å². The third-order valence-corrected chi connectivity index (χ3v) is 3.11. The average molecular weight is 213 g/mol. The molecule has 1 heterocycles. The summed E-state index contributed by atoms with van der Waals surface area (Å²) in [5.74, 6) is 0.755. The van der Waals surface area contributed by atoms with E-state index in [1.165, 1.54) is 6.07 Å². The Balaban J connectivity index is 2.48. The second-order valence-corrected chi connectivity index (χ2v) is 5.01. The molecular weight excluding hydrogens is 202 g/mol. The molecule has 14 heavy (non-hydrogen) atoms. The zero-order chi connectivity index (χ0) is 10.3. The van der Waals surface area contributed by atoms with Gasteiger partial charge in [0.1, 0.15) is 11.9 Å². The second kappa shape index (κ2) is 2.96. The molecule has 1 aliphatic rings. The first kappa shape index (κ1) is 9.48. The average Bonchev–Trinajstić information content (AvgIpc) is 2.41. The number of ether oxygens (including phenoxy) is 1. The van der Waals surface area contributed by atoms with Gasteiger partial charge in [0, 0.05) is 6.42 Å². The molecule has 1 atom stereocenters. The molecule has 1 aromatic rings. The van der Waals surface area contributed by atoms with E-state index in [0.29, 0.717) is 0 Å². The fourth-order valence-electron chi connectivity index (χ4n) is 1.58. The second-order valence-electron chi connectivity index (χ2n) is 3.45. The maximum absolute atomic E-state index is 11.1. The van der Waals surface area contributed by atoms with Crippen LogP contribution in [0.25, 0.3) is 0 Å². The van der Waals surface area contributed by atoms with Crippen LogP contribution in [0, 0.1) is 0 Å². The van der Waals surface area contributed by atoms with Crippen molar-refractivity contribution in [2.75, 3.05) is 0 Å². The number of sulfonamides is 1. The maximum Gasteiger partial charge on any atom is 0.238 e. The third kappa shape index (κ3) is 1.60. The first-order valence-corrected chi connectivity index (χ1v) is 5.84. The molecular formula is C9H11NO3S. The van der Waals surface area contributed by atoms with Gasteiger partial charge in [-0.2, -0.15) is 0 Å². The Morgan fingerprint density at radius 2 is 2.21 bits per heavy atom. The Kier molecular flexibility index (Phi) is 2.01. The lowest BCUT2D eigenvalue weighted by atomic mass is 10.1. The number of nitrogens with two attached hydrogens (primary N) is 1. The number of benzene rings is 1. The molecule has 2 N–H and O–H groups in total. The van der Waals surface area contributed by atoms with Gasteiger partial charge in [0.05, 0.1) is 4.90 Å². The molecule has 0 aliphatic carbocycles. The van der Waals surface area contributed by atoms with Gasteiger partial charge >= 0.3 is 0 Å². The van der Waals surface area contributed by atoms with Crippen LogP contribution < -0.4 is 9.88 Å². The third-order valence-electron chi connectivity index (χ3n) is 2.20. The predicted molar refractivity (Wildman–Crippen MR) is 51.6 cm³/mol. The van der Waals surface area contributed by atoms with E-state index in [9.17, 15) is 8.42 Å². The van der Waals surface area contributed by atoms with Gasteiger partial charge in [-0.15, -0.1) is 0 Å². The van der Waals surface area contributed by atoms with E-state index in [1.807, 2.05) is 6.92 Å². The van der Waals surface area contributed by atoms with Crippen molar-refractivity contribution < 1.29 is 13.2 Å². The summed E-state index contributed by atoms with van der Waals surface area (Å²) >= 11 is 0. The molecule has 4 nitrogen and oxygen atoms in total. The lowest BCUT2D eigenvalue weighted by Gasteiger charge is -2.02. The quantitative estimate of drug-likeness (QED) is 0.745. The van der Waals surface area contributed by atoms with Crippen molar-refractivity contribution in [2.24, 2.45) is 5.14 Å². The minimum atomic E-state index is -3.60. The molecule has 76 valence electrons. The summed E-state index contributed by atoms with van der Waals surface area (Å²) in [7, 11) is -3.60. The molecule has 0 bridgehead atoms. The number of primary sulfonamides is 1. The summed E-state index contributed by atoms with van der Waals surface area (Å²) in [5, 5.41) is 5.02. The lowest BCUT2D eigenvalue weighted by molar-refractivity contribution is 0.254. The first-order valence-electron chi connectivity index (χ1n) is 4.29. The van der Waals surface area contributed by atoms with Gasteiger partial charge in [0.25, 0.3) is 0 Å². The summed E-state index contributed by atoms with van der Waals surface area (Å²) in [6.45, 7) is 1.94. The SMILES string of the molecule is CC1Cc2cc(S(N)(=O)=O)ccc2O1. The van der Waals surface area contributed by atoms with Crippen LogP contribution in [0.15, 0.2) is 23.1 Å². The number of rotatable bonds is 1. The van der Waals surface area contributed by atoms with Crippen LogP contribution in [0.3, 0.4) is 0 Å². The van der Waals surface area contributed by atoms with E-state index in [4.69, 9.17) is 9.88 Å². The topological polar surface area (TPSA) is 69.4 Å². The van der Waals surface area contributed by atoms with Crippen molar-refractivity contribution in [3.63, 3.8) is 0 Å². The summed E-state index contributed by atoms with van der Waals surface area (Å²) < 4.78 is 27.5. The van der Waals surface area contributed by atoms with Gasteiger partial charge in [-0.3, -0.25) is 0 Å². The van der Waals surface area contributed by atoms with E-state index >= 15 is 0 Å². The standard InChI is InChI=1S/C9H11NO3S/c1-6-4-7-5-8(14(10,11)12)2-3-9(7)13-6/h2-3,5-6H,4H2,1H3,(H2,10,11,12). The van der Waals surface area contributed by atoms with Crippen LogP contribution in [0.1, 0.15) is 12.5 Å². The molecule has 1 aromatic carbocycles. The highest BCUT2D eigenvalue weighted by Crippen LogP contribution is 2.30. The van der Waals surface area contributed by atoms with Crippen LogP contribution in [0.5, 0.6) is 5.75 Å². The Labute approximate surface area is 82.7 Å². The fourth-order valence-corrected chi connectivity index (χ4v) is 2.14. The lowest BCUT2D eigenvalue weighted by Crippen LogP contribution is -2.12. The Hall–Kier alpha value is -1.07. The van der Waals surface area contributed by atoms with Crippen LogP contribution in [0.4, 0.5) is 0 Å². The van der Waals surface area contributed by atoms with Crippen LogP contribution in [-0.4, -0.2) is 14.5 Å². The van der Waals surface area contributed by atoms with Crippen molar-refractivity contribution in [2.45, 2.75) is 24.3 Å². The molecule has 0 saturated heterocycles. The number of hydrogen-bond acceptors (Lipinski definition) is 3. The zero-order valence-electron chi connectivity index (χ0n) is 7.73. The van der Waals surface area contributed by atoms with Crippen molar-refractivity contribution in [1.29, 1.82) is 0 Å². The Morgan fingerprint density at radius 1 is 1.50 bits per heavy atom. The smallest absolute Gasteiger partial charge is 0.238 e. The summed E-state index contributed by atoms with van der Waals surface area (Å²) in [4.78, 5) is 0.147. The highest BCUT2D eigenvalue weighted by molar-refractivity contribution is 7.89. The largest absolute Gasteiger partial charge is 0.490 e. The van der Waals surface area contributed by atoms with Crippen molar-refractivity contribution in [1.82, 2.24) is 0 Å². The van der Waals surface area contributed by atoms with Gasteiger partial charge in [-0.1, -0.05) is 0 Å². The molecule has 0 spiro atoms. The normalized spacial score (nSPS) is 20.3. The van der Waals surface area contributed by atoms with Gasteiger partial charge in [-0.05, 0) is 30.7 Å². The van der Waals surface area contributed by atoms with Crippen molar-refractivity contribution in [3.05, 3.63) is 23.8 Å². The molecule has 1 unspecified atom stereocenters. The van der Waals surface area contributed by atoms with Gasteiger partial charge in [0.2, 0.25) is 10.0 Å². The van der Waals surface area contributed by atoms with E-state index in [2.05, 4.69) is 0 Å². The van der Waals surface area contributed by atoms with Crippen LogP contribution in [0.2, 0.25) is 0 Å². The Morgan fingerprint density at radius 3 is 2.86 bits per heavy atom. The van der Waals surface area contributed by atoms with E-state index in [1.54, 1.807) is 12.1 Å². The molecule has 0 saturated carbocycles. The monoisotopic (exact) mass is 213 g/mol.